The van der Waals surface area contributed by atoms with Crippen LogP contribution in [0.4, 0.5) is 0 Å². The van der Waals surface area contributed by atoms with E-state index in [1.165, 1.54) is 0 Å². The summed E-state index contributed by atoms with van der Waals surface area (Å²) in [6.45, 7) is 3.40. The van der Waals surface area contributed by atoms with Crippen molar-refractivity contribution in [3.63, 3.8) is 0 Å². The predicted molar refractivity (Wildman–Crippen MR) is 76.2 cm³/mol. The lowest BCUT2D eigenvalue weighted by atomic mass is 10.2. The standard InChI is InChI=1S/C14H22N4O2/c15-13(19)11-5-3-9-17(11)7-1-2-8-18-10-4-6-12(18)14(16)20/h5-6H,1-4,7-10H2,(H2,15,19)(H2,16,20). The van der Waals surface area contributed by atoms with E-state index in [4.69, 9.17) is 11.5 Å². The summed E-state index contributed by atoms with van der Waals surface area (Å²) in [6.07, 6.45) is 7.51. The van der Waals surface area contributed by atoms with Crippen molar-refractivity contribution in [2.24, 2.45) is 11.5 Å². The highest BCUT2D eigenvalue weighted by molar-refractivity contribution is 5.92. The van der Waals surface area contributed by atoms with Crippen LogP contribution in [-0.4, -0.2) is 47.8 Å². The molecule has 0 saturated carbocycles. The van der Waals surface area contributed by atoms with Gasteiger partial charge in [0.2, 0.25) is 0 Å². The normalized spacial score (nSPS) is 18.2. The third-order valence-electron chi connectivity index (χ3n) is 3.77. The first-order valence-corrected chi connectivity index (χ1v) is 7.09. The summed E-state index contributed by atoms with van der Waals surface area (Å²) in [7, 11) is 0. The zero-order chi connectivity index (χ0) is 14.5. The number of rotatable bonds is 7. The van der Waals surface area contributed by atoms with Crippen LogP contribution in [0, 0.1) is 0 Å². The van der Waals surface area contributed by atoms with Gasteiger partial charge in [-0.3, -0.25) is 9.59 Å². The molecule has 2 heterocycles. The molecule has 0 aromatic heterocycles. The molecule has 0 spiro atoms. The van der Waals surface area contributed by atoms with Gasteiger partial charge in [-0.05, 0) is 25.7 Å². The van der Waals surface area contributed by atoms with Crippen molar-refractivity contribution >= 4 is 11.8 Å². The summed E-state index contributed by atoms with van der Waals surface area (Å²) >= 11 is 0. The molecule has 2 aliphatic rings. The predicted octanol–water partition coefficient (Wildman–Crippen LogP) is -0.0836. The number of hydrogen-bond acceptors (Lipinski definition) is 4. The first-order chi connectivity index (χ1) is 9.59. The second kappa shape index (κ2) is 6.45. The largest absolute Gasteiger partial charge is 0.367 e. The molecule has 0 unspecified atom stereocenters. The number of unbranched alkanes of at least 4 members (excludes halogenated alkanes) is 1. The smallest absolute Gasteiger partial charge is 0.264 e. The molecular weight excluding hydrogens is 256 g/mol. The van der Waals surface area contributed by atoms with Gasteiger partial charge in [0.15, 0.2) is 0 Å². The maximum absolute atomic E-state index is 11.2. The van der Waals surface area contributed by atoms with E-state index in [-0.39, 0.29) is 11.8 Å². The lowest BCUT2D eigenvalue weighted by Crippen LogP contribution is -2.31. The molecule has 0 aromatic rings. The van der Waals surface area contributed by atoms with Gasteiger partial charge in [-0.1, -0.05) is 12.2 Å². The molecule has 0 fully saturated rings. The van der Waals surface area contributed by atoms with E-state index in [0.717, 1.165) is 51.9 Å². The summed E-state index contributed by atoms with van der Waals surface area (Å²) < 4.78 is 0. The van der Waals surface area contributed by atoms with Crippen molar-refractivity contribution in [2.45, 2.75) is 25.7 Å². The van der Waals surface area contributed by atoms with Crippen LogP contribution in [-0.2, 0) is 9.59 Å². The van der Waals surface area contributed by atoms with E-state index < -0.39 is 0 Å². The molecule has 0 bridgehead atoms. The van der Waals surface area contributed by atoms with Crippen molar-refractivity contribution < 1.29 is 9.59 Å². The Labute approximate surface area is 119 Å². The summed E-state index contributed by atoms with van der Waals surface area (Å²) in [4.78, 5) is 26.5. The number of nitrogens with two attached hydrogens (primary N) is 2. The van der Waals surface area contributed by atoms with E-state index in [1.54, 1.807) is 0 Å². The zero-order valence-corrected chi connectivity index (χ0v) is 11.7. The van der Waals surface area contributed by atoms with Crippen LogP contribution in [0.1, 0.15) is 25.7 Å². The Balaban J connectivity index is 1.70. The van der Waals surface area contributed by atoms with Crippen molar-refractivity contribution in [1.29, 1.82) is 0 Å². The van der Waals surface area contributed by atoms with Crippen LogP contribution in [0.3, 0.4) is 0 Å². The Kier molecular flexibility index (Phi) is 4.65. The second-order valence-corrected chi connectivity index (χ2v) is 5.17. The molecule has 110 valence electrons. The summed E-state index contributed by atoms with van der Waals surface area (Å²) in [5.74, 6) is -0.693. The van der Waals surface area contributed by atoms with Crippen LogP contribution in [0.5, 0.6) is 0 Å². The van der Waals surface area contributed by atoms with Crippen LogP contribution >= 0.6 is 0 Å². The molecule has 0 aromatic carbocycles. The van der Waals surface area contributed by atoms with Gasteiger partial charge in [-0.2, -0.15) is 0 Å². The lowest BCUT2D eigenvalue weighted by molar-refractivity contribution is -0.116. The van der Waals surface area contributed by atoms with Crippen LogP contribution < -0.4 is 11.5 Å². The minimum atomic E-state index is -0.346. The SMILES string of the molecule is NC(=O)C1=CCCN1CCCCN1CCC=C1C(N)=O. The maximum Gasteiger partial charge on any atom is 0.264 e. The Morgan fingerprint density at radius 1 is 0.900 bits per heavy atom. The average Bonchev–Trinajstić information content (AvgIpc) is 3.03. The average molecular weight is 278 g/mol. The van der Waals surface area contributed by atoms with Gasteiger partial charge in [0.05, 0.1) is 11.4 Å². The summed E-state index contributed by atoms with van der Waals surface area (Å²) in [5, 5.41) is 0. The first kappa shape index (κ1) is 14.4. The lowest BCUT2D eigenvalue weighted by Gasteiger charge is -2.23. The Morgan fingerprint density at radius 3 is 1.65 bits per heavy atom. The number of nitrogens with zero attached hydrogens (tertiary/aromatic N) is 2. The third kappa shape index (κ3) is 3.31. The van der Waals surface area contributed by atoms with E-state index in [2.05, 4.69) is 0 Å². The molecule has 6 heteroatoms. The maximum atomic E-state index is 11.2. The molecule has 0 atom stereocenters. The van der Waals surface area contributed by atoms with Gasteiger partial charge >= 0.3 is 0 Å². The minimum absolute atomic E-state index is 0.346. The fourth-order valence-corrected chi connectivity index (χ4v) is 2.80. The highest BCUT2D eigenvalue weighted by Crippen LogP contribution is 2.17. The fraction of sp³-hybridized carbons (Fsp3) is 0.571. The quantitative estimate of drug-likeness (QED) is 0.637. The number of carbonyl (C=O) groups excluding carboxylic acids is 2. The van der Waals surface area contributed by atoms with Crippen molar-refractivity contribution in [1.82, 2.24) is 9.80 Å². The minimum Gasteiger partial charge on any atom is -0.367 e. The van der Waals surface area contributed by atoms with E-state index in [9.17, 15) is 9.59 Å². The zero-order valence-electron chi connectivity index (χ0n) is 11.7. The monoisotopic (exact) mass is 278 g/mol. The number of primary amides is 2. The topological polar surface area (TPSA) is 92.7 Å². The van der Waals surface area contributed by atoms with Gasteiger partial charge < -0.3 is 21.3 Å². The first-order valence-electron chi connectivity index (χ1n) is 7.09. The molecule has 0 saturated heterocycles. The number of hydrogen-bond donors (Lipinski definition) is 2. The van der Waals surface area contributed by atoms with Gasteiger partial charge in [0.1, 0.15) is 0 Å². The van der Waals surface area contributed by atoms with E-state index >= 15 is 0 Å². The Morgan fingerprint density at radius 2 is 1.30 bits per heavy atom. The second-order valence-electron chi connectivity index (χ2n) is 5.17. The summed E-state index contributed by atoms with van der Waals surface area (Å²) in [5.41, 5.74) is 11.9. The molecule has 2 aliphatic heterocycles. The molecule has 2 rings (SSSR count). The third-order valence-corrected chi connectivity index (χ3v) is 3.77. The molecule has 20 heavy (non-hydrogen) atoms. The van der Waals surface area contributed by atoms with Gasteiger partial charge in [0, 0.05) is 26.2 Å². The number of carbonyl (C=O) groups is 2. The number of amides is 2. The van der Waals surface area contributed by atoms with Crippen LogP contribution in [0.25, 0.3) is 0 Å². The highest BCUT2D eigenvalue weighted by Gasteiger charge is 2.20. The van der Waals surface area contributed by atoms with Gasteiger partial charge in [-0.15, -0.1) is 0 Å². The Bertz CT molecular complexity index is 414. The molecule has 6 nitrogen and oxygen atoms in total. The van der Waals surface area contributed by atoms with Crippen molar-refractivity contribution in [2.75, 3.05) is 26.2 Å². The van der Waals surface area contributed by atoms with E-state index in [1.807, 2.05) is 22.0 Å². The molecule has 0 aliphatic carbocycles. The highest BCUT2D eigenvalue weighted by atomic mass is 16.1. The van der Waals surface area contributed by atoms with Gasteiger partial charge in [-0.25, -0.2) is 0 Å². The van der Waals surface area contributed by atoms with Crippen molar-refractivity contribution in [3.8, 4) is 0 Å². The fourth-order valence-electron chi connectivity index (χ4n) is 2.80. The molecule has 4 N–H and O–H groups in total. The van der Waals surface area contributed by atoms with Crippen molar-refractivity contribution in [3.05, 3.63) is 23.5 Å². The molecule has 2 amide bonds. The van der Waals surface area contributed by atoms with Crippen LogP contribution in [0.2, 0.25) is 0 Å². The van der Waals surface area contributed by atoms with Gasteiger partial charge in [0.25, 0.3) is 11.8 Å². The molecular formula is C14H22N4O2. The Hall–Kier alpha value is -1.98. The molecule has 0 radical (unpaired) electrons. The van der Waals surface area contributed by atoms with E-state index in [0.29, 0.717) is 11.4 Å². The van der Waals surface area contributed by atoms with Crippen LogP contribution in [0.15, 0.2) is 23.5 Å². The summed E-state index contributed by atoms with van der Waals surface area (Å²) in [6, 6.07) is 0.